The first-order valence-electron chi connectivity index (χ1n) is 4.71. The number of hydrogen-bond acceptors (Lipinski definition) is 2. The monoisotopic (exact) mass is 189 g/mol. The quantitative estimate of drug-likeness (QED) is 0.703. The first-order chi connectivity index (χ1) is 6.74. The van der Waals surface area contributed by atoms with Gasteiger partial charge in [0.15, 0.2) is 0 Å². The number of benzene rings is 1. The summed E-state index contributed by atoms with van der Waals surface area (Å²) in [6, 6.07) is 6.04. The maximum absolute atomic E-state index is 5.93. The molecule has 3 N–H and O–H groups in total. The molecule has 1 aromatic carbocycles. The lowest BCUT2D eigenvalue weighted by molar-refractivity contribution is 0.815. The van der Waals surface area contributed by atoms with Crippen molar-refractivity contribution in [3.05, 3.63) is 30.0 Å². The Morgan fingerprint density at radius 1 is 1.43 bits per heavy atom. The number of aromatic nitrogens is 1. The molecule has 0 aliphatic heterocycles. The topological polar surface area (TPSA) is 43.0 Å². The summed E-state index contributed by atoms with van der Waals surface area (Å²) >= 11 is 0. The van der Waals surface area contributed by atoms with E-state index in [9.17, 15) is 0 Å². The fraction of sp³-hybridized carbons (Fsp3) is 0.273. The molecule has 0 radical (unpaired) electrons. The van der Waals surface area contributed by atoms with Crippen molar-refractivity contribution < 1.29 is 0 Å². The molecule has 1 aromatic heterocycles. The molecule has 0 saturated heterocycles. The minimum absolute atomic E-state index is 0.840. The predicted octanol–water partition coefficient (Wildman–Crippen LogP) is 1.48. The second-order valence-corrected chi connectivity index (χ2v) is 3.54. The van der Waals surface area contributed by atoms with Gasteiger partial charge in [0.05, 0.1) is 11.2 Å². The normalized spacial score (nSPS) is 11.0. The van der Waals surface area contributed by atoms with Crippen molar-refractivity contribution in [2.24, 2.45) is 7.05 Å². The van der Waals surface area contributed by atoms with Crippen molar-refractivity contribution in [3.8, 4) is 0 Å². The average Bonchev–Trinajstić information content (AvgIpc) is 2.46. The third-order valence-electron chi connectivity index (χ3n) is 2.48. The van der Waals surface area contributed by atoms with E-state index >= 15 is 0 Å². The summed E-state index contributed by atoms with van der Waals surface area (Å²) in [7, 11) is 3.98. The molecule has 2 rings (SSSR count). The fourth-order valence-corrected chi connectivity index (χ4v) is 1.91. The molecule has 0 amide bonds. The second-order valence-electron chi connectivity index (χ2n) is 3.54. The lowest BCUT2D eigenvalue weighted by Crippen LogP contribution is -2.04. The van der Waals surface area contributed by atoms with Crippen LogP contribution in [0.3, 0.4) is 0 Å². The summed E-state index contributed by atoms with van der Waals surface area (Å²) in [5, 5.41) is 4.39. The molecule has 0 atom stereocenters. The lowest BCUT2D eigenvalue weighted by Gasteiger charge is -2.00. The van der Waals surface area contributed by atoms with Crippen LogP contribution in [0, 0.1) is 0 Å². The van der Waals surface area contributed by atoms with E-state index in [0.717, 1.165) is 17.7 Å². The Kier molecular flexibility index (Phi) is 2.17. The van der Waals surface area contributed by atoms with Gasteiger partial charge < -0.3 is 15.6 Å². The van der Waals surface area contributed by atoms with Gasteiger partial charge in [0.25, 0.3) is 0 Å². The van der Waals surface area contributed by atoms with Gasteiger partial charge >= 0.3 is 0 Å². The van der Waals surface area contributed by atoms with Crippen LogP contribution < -0.4 is 11.1 Å². The van der Waals surface area contributed by atoms with Gasteiger partial charge in [-0.15, -0.1) is 0 Å². The van der Waals surface area contributed by atoms with Crippen molar-refractivity contribution in [2.45, 2.75) is 6.54 Å². The lowest BCUT2D eigenvalue weighted by atomic mass is 10.1. The van der Waals surface area contributed by atoms with Crippen LogP contribution in [0.4, 0.5) is 5.69 Å². The molecule has 0 aliphatic carbocycles. The van der Waals surface area contributed by atoms with Crippen LogP contribution >= 0.6 is 0 Å². The van der Waals surface area contributed by atoms with Gasteiger partial charge in [-0.1, -0.05) is 12.1 Å². The second kappa shape index (κ2) is 3.35. The maximum Gasteiger partial charge on any atom is 0.0714 e. The van der Waals surface area contributed by atoms with Gasteiger partial charge in [0.2, 0.25) is 0 Å². The Labute approximate surface area is 83.5 Å². The van der Waals surface area contributed by atoms with E-state index in [4.69, 9.17) is 5.73 Å². The summed E-state index contributed by atoms with van der Waals surface area (Å²) in [4.78, 5) is 0. The van der Waals surface area contributed by atoms with E-state index in [2.05, 4.69) is 22.1 Å². The third-order valence-corrected chi connectivity index (χ3v) is 2.48. The Bertz CT molecular complexity index is 457. The highest BCUT2D eigenvalue weighted by molar-refractivity contribution is 5.93. The van der Waals surface area contributed by atoms with E-state index < -0.39 is 0 Å². The van der Waals surface area contributed by atoms with Crippen LogP contribution in [-0.2, 0) is 13.6 Å². The number of nitrogens with zero attached hydrogens (tertiary/aromatic N) is 1. The smallest absolute Gasteiger partial charge is 0.0714 e. The van der Waals surface area contributed by atoms with Crippen molar-refractivity contribution in [2.75, 3.05) is 12.8 Å². The first-order valence-corrected chi connectivity index (χ1v) is 4.71. The molecule has 2 aromatic rings. The molecule has 14 heavy (non-hydrogen) atoms. The number of nitrogens with two attached hydrogens (primary N) is 1. The molecule has 74 valence electrons. The third kappa shape index (κ3) is 1.26. The molecule has 0 bridgehead atoms. The fourth-order valence-electron chi connectivity index (χ4n) is 1.91. The largest absolute Gasteiger partial charge is 0.397 e. The highest BCUT2D eigenvalue weighted by atomic mass is 14.9. The zero-order chi connectivity index (χ0) is 10.1. The molecule has 1 heterocycles. The van der Waals surface area contributed by atoms with Crippen LogP contribution in [0.15, 0.2) is 24.4 Å². The summed E-state index contributed by atoms with van der Waals surface area (Å²) in [5.41, 5.74) is 9.18. The van der Waals surface area contributed by atoms with Crippen molar-refractivity contribution >= 4 is 16.6 Å². The number of rotatable bonds is 2. The van der Waals surface area contributed by atoms with Crippen LogP contribution in [0.1, 0.15) is 5.56 Å². The van der Waals surface area contributed by atoms with Gasteiger partial charge in [0.1, 0.15) is 0 Å². The molecule has 3 nitrogen and oxygen atoms in total. The number of aryl methyl sites for hydroxylation is 1. The summed E-state index contributed by atoms with van der Waals surface area (Å²) < 4.78 is 2.08. The average molecular weight is 189 g/mol. The number of nitrogens with one attached hydrogen (secondary N) is 1. The number of para-hydroxylation sites is 1. The molecule has 0 aliphatic rings. The van der Waals surface area contributed by atoms with Crippen LogP contribution in [0.25, 0.3) is 10.9 Å². The molecule has 0 saturated carbocycles. The Morgan fingerprint density at radius 2 is 2.21 bits per heavy atom. The first kappa shape index (κ1) is 9.09. The van der Waals surface area contributed by atoms with Crippen LogP contribution in [-0.4, -0.2) is 11.6 Å². The van der Waals surface area contributed by atoms with E-state index in [1.165, 1.54) is 10.9 Å². The minimum atomic E-state index is 0.840. The van der Waals surface area contributed by atoms with E-state index in [-0.39, 0.29) is 0 Å². The Hall–Kier alpha value is -1.48. The Balaban J connectivity index is 2.71. The van der Waals surface area contributed by atoms with Crippen molar-refractivity contribution in [1.29, 1.82) is 0 Å². The van der Waals surface area contributed by atoms with E-state index in [1.54, 1.807) is 0 Å². The molecule has 3 heteroatoms. The number of fused-ring (bicyclic) bond motifs is 1. The number of hydrogen-bond donors (Lipinski definition) is 2. The van der Waals surface area contributed by atoms with Gasteiger partial charge in [-0.05, 0) is 18.7 Å². The molecule has 0 unspecified atom stereocenters. The van der Waals surface area contributed by atoms with E-state index in [0.29, 0.717) is 0 Å². The molecule has 0 fully saturated rings. The zero-order valence-electron chi connectivity index (χ0n) is 8.54. The van der Waals surface area contributed by atoms with Crippen LogP contribution in [0.2, 0.25) is 0 Å². The number of nitrogen functional groups attached to an aromatic ring is 1. The molecular formula is C11H15N3. The highest BCUT2D eigenvalue weighted by Gasteiger charge is 2.07. The standard InChI is InChI=1S/C11H15N3/c1-13-6-8-7-14(2)11-9(8)4-3-5-10(11)12/h3-5,7,13H,6,12H2,1-2H3. The minimum Gasteiger partial charge on any atom is -0.397 e. The summed E-state index contributed by atoms with van der Waals surface area (Å²) in [5.74, 6) is 0. The predicted molar refractivity (Wildman–Crippen MR) is 60.1 cm³/mol. The number of anilines is 1. The SMILES string of the molecule is CNCc1cn(C)c2c(N)cccc12. The Morgan fingerprint density at radius 3 is 2.93 bits per heavy atom. The zero-order valence-corrected chi connectivity index (χ0v) is 8.54. The van der Waals surface area contributed by atoms with Gasteiger partial charge in [-0.25, -0.2) is 0 Å². The van der Waals surface area contributed by atoms with Crippen molar-refractivity contribution in [3.63, 3.8) is 0 Å². The van der Waals surface area contributed by atoms with Crippen LogP contribution in [0.5, 0.6) is 0 Å². The maximum atomic E-state index is 5.93. The summed E-state index contributed by atoms with van der Waals surface area (Å²) in [6.45, 7) is 0.876. The van der Waals surface area contributed by atoms with Gasteiger partial charge in [-0.3, -0.25) is 0 Å². The molecular weight excluding hydrogens is 174 g/mol. The van der Waals surface area contributed by atoms with Crippen molar-refractivity contribution in [1.82, 2.24) is 9.88 Å². The van der Waals surface area contributed by atoms with Gasteiger partial charge in [0, 0.05) is 25.2 Å². The highest BCUT2D eigenvalue weighted by Crippen LogP contribution is 2.25. The molecule has 0 spiro atoms. The van der Waals surface area contributed by atoms with Gasteiger partial charge in [-0.2, -0.15) is 0 Å². The van der Waals surface area contributed by atoms with E-state index in [1.807, 2.05) is 26.2 Å². The summed E-state index contributed by atoms with van der Waals surface area (Å²) in [6.07, 6.45) is 2.12.